The molecule has 0 N–H and O–H groups in total. The van der Waals surface area contributed by atoms with Crippen molar-refractivity contribution < 1.29 is 14.3 Å². The Morgan fingerprint density at radius 3 is 2.26 bits per heavy atom. The van der Waals surface area contributed by atoms with Crippen molar-refractivity contribution in [3.63, 3.8) is 0 Å². The third-order valence-corrected chi connectivity index (χ3v) is 6.91. The van der Waals surface area contributed by atoms with Crippen LogP contribution in [0.4, 0.5) is 0 Å². The normalized spacial score (nSPS) is 12.6. The van der Waals surface area contributed by atoms with Crippen LogP contribution in [0.25, 0.3) is 0 Å². The molecule has 39 heavy (non-hydrogen) atoms. The van der Waals surface area contributed by atoms with Crippen molar-refractivity contribution in [3.05, 3.63) is 97.4 Å². The van der Waals surface area contributed by atoms with Gasteiger partial charge < -0.3 is 14.0 Å². The molecule has 0 aliphatic heterocycles. The predicted octanol–water partition coefficient (Wildman–Crippen LogP) is 7.33. The number of nitrogens with zero attached hydrogens (tertiary/aromatic N) is 2. The van der Waals surface area contributed by atoms with Gasteiger partial charge in [-0.05, 0) is 84.8 Å². The Hall–Kier alpha value is -2.80. The maximum Gasteiger partial charge on any atom is 0.338 e. The largest absolute Gasteiger partial charge is 0.491 e. The van der Waals surface area contributed by atoms with Crippen LogP contribution < -0.4 is 10.3 Å². The summed E-state index contributed by atoms with van der Waals surface area (Å²) in [6.45, 7) is 12.4. The molecule has 210 valence electrons. The van der Waals surface area contributed by atoms with E-state index in [0.717, 1.165) is 16.9 Å². The average molecular weight is 574 g/mol. The molecule has 3 aromatic rings. The van der Waals surface area contributed by atoms with E-state index in [1.54, 1.807) is 16.7 Å². The number of hydrogen-bond donors (Lipinski definition) is 0. The van der Waals surface area contributed by atoms with E-state index in [4.69, 9.17) is 32.7 Å². The highest BCUT2D eigenvalue weighted by atomic mass is 35.5. The number of carbonyl (C=O) groups excluding carboxylic acids is 1. The molecule has 6 nitrogen and oxygen atoms in total. The van der Waals surface area contributed by atoms with Gasteiger partial charge in [0.2, 0.25) is 0 Å². The molecule has 1 heterocycles. The molecule has 0 spiro atoms. The number of aromatic nitrogens is 1. The number of benzene rings is 2. The number of para-hydroxylation sites is 1. The molecule has 0 amide bonds. The number of carbonyl (C=O) groups is 1. The van der Waals surface area contributed by atoms with Gasteiger partial charge in [-0.2, -0.15) is 0 Å². The summed E-state index contributed by atoms with van der Waals surface area (Å²) in [5.74, 6) is 0.466. The minimum absolute atomic E-state index is 0.00403. The quantitative estimate of drug-likeness (QED) is 0.238. The standard InChI is InChI=1S/C31H38Cl2N2O4/c1-20(2)38-28-11-9-8-10-24(28)21(3)34(7)19-27-25(32)18-26(33)29(36)35(27)17-16-22-12-14-23(15-13-22)30(37)39-31(4,5)6/h8-15,18,20-21H,16-17,19H2,1-7H3. The first-order valence-electron chi connectivity index (χ1n) is 13.1. The predicted molar refractivity (Wildman–Crippen MR) is 158 cm³/mol. The van der Waals surface area contributed by atoms with Gasteiger partial charge in [-0.15, -0.1) is 0 Å². The first-order valence-corrected chi connectivity index (χ1v) is 13.9. The van der Waals surface area contributed by atoms with Gasteiger partial charge in [0, 0.05) is 24.7 Å². The summed E-state index contributed by atoms with van der Waals surface area (Å²) < 4.78 is 13.1. The summed E-state index contributed by atoms with van der Waals surface area (Å²) in [4.78, 5) is 27.6. The Balaban J connectivity index is 1.81. The molecule has 0 saturated heterocycles. The number of rotatable bonds is 10. The Morgan fingerprint density at radius 2 is 1.64 bits per heavy atom. The van der Waals surface area contributed by atoms with Gasteiger partial charge >= 0.3 is 5.97 Å². The maximum atomic E-state index is 13.1. The van der Waals surface area contributed by atoms with E-state index < -0.39 is 5.60 Å². The smallest absolute Gasteiger partial charge is 0.338 e. The SMILES string of the molecule is CC(C)Oc1ccccc1C(C)N(C)Cc1c(Cl)cc(Cl)c(=O)n1CCc1ccc(C(=O)OC(C)(C)C)cc1. The Kier molecular flexibility index (Phi) is 10.3. The van der Waals surface area contributed by atoms with Crippen LogP contribution in [-0.4, -0.2) is 34.2 Å². The molecule has 1 aromatic heterocycles. The lowest BCUT2D eigenvalue weighted by Gasteiger charge is -2.28. The van der Waals surface area contributed by atoms with Crippen molar-refractivity contribution in [2.24, 2.45) is 0 Å². The van der Waals surface area contributed by atoms with Gasteiger partial charge in [0.25, 0.3) is 5.56 Å². The molecule has 0 radical (unpaired) electrons. The Morgan fingerprint density at radius 1 is 1.00 bits per heavy atom. The highest BCUT2D eigenvalue weighted by Crippen LogP contribution is 2.31. The fourth-order valence-corrected chi connectivity index (χ4v) is 4.75. The number of esters is 1. The summed E-state index contributed by atoms with van der Waals surface area (Å²) in [6.07, 6.45) is 0.612. The first kappa shape index (κ1) is 30.7. The zero-order valence-electron chi connectivity index (χ0n) is 23.8. The molecule has 8 heteroatoms. The van der Waals surface area contributed by atoms with Crippen molar-refractivity contribution >= 4 is 29.2 Å². The fourth-order valence-electron chi connectivity index (χ4n) is 4.22. The molecule has 0 aliphatic carbocycles. The monoisotopic (exact) mass is 572 g/mol. The molecule has 0 bridgehead atoms. The highest BCUT2D eigenvalue weighted by Gasteiger charge is 2.21. The second-order valence-electron chi connectivity index (χ2n) is 11.0. The molecule has 3 rings (SSSR count). The summed E-state index contributed by atoms with van der Waals surface area (Å²) in [6, 6.07) is 16.7. The molecular formula is C31H38Cl2N2O4. The molecule has 1 unspecified atom stereocenters. The van der Waals surface area contributed by atoms with Crippen LogP contribution in [-0.2, 0) is 24.2 Å². The van der Waals surface area contributed by atoms with Gasteiger partial charge in [-0.1, -0.05) is 53.5 Å². The minimum Gasteiger partial charge on any atom is -0.491 e. The van der Waals surface area contributed by atoms with E-state index in [-0.39, 0.29) is 28.7 Å². The second kappa shape index (κ2) is 13.0. The lowest BCUT2D eigenvalue weighted by atomic mass is 10.1. The van der Waals surface area contributed by atoms with Crippen molar-refractivity contribution in [2.45, 2.75) is 78.8 Å². The summed E-state index contributed by atoms with van der Waals surface area (Å²) >= 11 is 12.9. The molecular weight excluding hydrogens is 535 g/mol. The van der Waals surface area contributed by atoms with E-state index in [2.05, 4.69) is 17.9 Å². The van der Waals surface area contributed by atoms with Crippen LogP contribution >= 0.6 is 23.2 Å². The lowest BCUT2D eigenvalue weighted by molar-refractivity contribution is 0.00695. The number of aryl methyl sites for hydroxylation is 1. The van der Waals surface area contributed by atoms with Crippen LogP contribution in [0.3, 0.4) is 0 Å². The van der Waals surface area contributed by atoms with E-state index in [1.165, 1.54) is 6.07 Å². The van der Waals surface area contributed by atoms with Crippen molar-refractivity contribution in [2.75, 3.05) is 7.05 Å². The van der Waals surface area contributed by atoms with Gasteiger partial charge in [-0.25, -0.2) is 4.79 Å². The summed E-state index contributed by atoms with van der Waals surface area (Å²) in [7, 11) is 1.99. The highest BCUT2D eigenvalue weighted by molar-refractivity contribution is 6.34. The Labute approximate surface area is 241 Å². The molecule has 0 fully saturated rings. The summed E-state index contributed by atoms with van der Waals surface area (Å²) in [5.41, 5.74) is 2.34. The van der Waals surface area contributed by atoms with Gasteiger partial charge in [-0.3, -0.25) is 9.69 Å². The third kappa shape index (κ3) is 8.34. The van der Waals surface area contributed by atoms with E-state index in [9.17, 15) is 9.59 Å². The zero-order valence-corrected chi connectivity index (χ0v) is 25.3. The van der Waals surface area contributed by atoms with Crippen LogP contribution in [0.5, 0.6) is 5.75 Å². The second-order valence-corrected chi connectivity index (χ2v) is 11.8. The van der Waals surface area contributed by atoms with Crippen LogP contribution in [0.1, 0.15) is 74.8 Å². The van der Waals surface area contributed by atoms with Crippen molar-refractivity contribution in [3.8, 4) is 5.75 Å². The fraction of sp³-hybridized carbons (Fsp3) is 0.419. The summed E-state index contributed by atoms with van der Waals surface area (Å²) in [5, 5.41) is 0.515. The Bertz CT molecular complexity index is 1340. The minimum atomic E-state index is -0.562. The number of ether oxygens (including phenoxy) is 2. The number of pyridine rings is 1. The van der Waals surface area contributed by atoms with Crippen molar-refractivity contribution in [1.29, 1.82) is 0 Å². The average Bonchev–Trinajstić information content (AvgIpc) is 2.85. The molecule has 2 aromatic carbocycles. The van der Waals surface area contributed by atoms with Crippen molar-refractivity contribution in [1.82, 2.24) is 9.47 Å². The van der Waals surface area contributed by atoms with Gasteiger partial charge in [0.1, 0.15) is 16.4 Å². The number of halogens is 2. The molecule has 0 saturated carbocycles. The van der Waals surface area contributed by atoms with Crippen LogP contribution in [0, 0.1) is 0 Å². The molecule has 0 aliphatic rings. The zero-order chi connectivity index (χ0) is 28.9. The molecule has 1 atom stereocenters. The first-order chi connectivity index (χ1) is 18.3. The van der Waals surface area contributed by atoms with Crippen LogP contribution in [0.15, 0.2) is 59.4 Å². The van der Waals surface area contributed by atoms with E-state index >= 15 is 0 Å². The van der Waals surface area contributed by atoms with Gasteiger partial charge in [0.15, 0.2) is 0 Å². The van der Waals surface area contributed by atoms with E-state index in [1.807, 2.05) is 72.0 Å². The topological polar surface area (TPSA) is 60.8 Å². The van der Waals surface area contributed by atoms with Gasteiger partial charge in [0.05, 0.1) is 22.4 Å². The maximum absolute atomic E-state index is 13.1. The van der Waals surface area contributed by atoms with E-state index in [0.29, 0.717) is 35.8 Å². The third-order valence-electron chi connectivity index (χ3n) is 6.31. The lowest BCUT2D eigenvalue weighted by Crippen LogP contribution is -2.30. The van der Waals surface area contributed by atoms with Crippen LogP contribution in [0.2, 0.25) is 10.0 Å². The number of hydrogen-bond acceptors (Lipinski definition) is 5.